The molecule has 9 heteroatoms. The molecule has 1 heterocycles. The largest absolute Gasteiger partial charge is 0.457 e. The van der Waals surface area contributed by atoms with E-state index in [1.54, 1.807) is 42.5 Å². The van der Waals surface area contributed by atoms with Crippen LogP contribution in [0.1, 0.15) is 38.1 Å². The number of furan rings is 1. The van der Waals surface area contributed by atoms with Crippen LogP contribution in [0.3, 0.4) is 0 Å². The van der Waals surface area contributed by atoms with Gasteiger partial charge < -0.3 is 20.4 Å². The van der Waals surface area contributed by atoms with Crippen molar-refractivity contribution in [2.45, 2.75) is 24.0 Å². The fourth-order valence-electron chi connectivity index (χ4n) is 5.29. The number of halogens is 1. The summed E-state index contributed by atoms with van der Waals surface area (Å²) in [5, 5.41) is 8.21. The number of aryl methyl sites for hydroxylation is 2. The number of hydrogen-bond donors (Lipinski definition) is 3. The summed E-state index contributed by atoms with van der Waals surface area (Å²) in [6, 6.07) is 42.7. The highest BCUT2D eigenvalue weighted by atomic mass is 79.9. The highest BCUT2D eigenvalue weighted by Crippen LogP contribution is 2.37. The van der Waals surface area contributed by atoms with E-state index in [9.17, 15) is 14.4 Å². The lowest BCUT2D eigenvalue weighted by atomic mass is 10.1. The first-order chi connectivity index (χ1) is 24.7. The van der Waals surface area contributed by atoms with E-state index in [4.69, 9.17) is 4.42 Å². The van der Waals surface area contributed by atoms with Crippen LogP contribution in [0, 0.1) is 13.8 Å². The average molecular weight is 757 g/mol. The van der Waals surface area contributed by atoms with Crippen LogP contribution in [-0.4, -0.2) is 17.7 Å². The molecule has 1 atom stereocenters. The van der Waals surface area contributed by atoms with Crippen molar-refractivity contribution in [3.63, 3.8) is 0 Å². The van der Waals surface area contributed by atoms with Crippen molar-refractivity contribution in [1.29, 1.82) is 0 Å². The molecule has 0 spiro atoms. The Bertz CT molecular complexity index is 2180. The van der Waals surface area contributed by atoms with Crippen LogP contribution in [0.2, 0.25) is 0 Å². The third kappa shape index (κ3) is 9.33. The smallest absolute Gasteiger partial charge is 0.272 e. The van der Waals surface area contributed by atoms with Crippen molar-refractivity contribution in [1.82, 2.24) is 5.32 Å². The van der Waals surface area contributed by atoms with Crippen molar-refractivity contribution < 1.29 is 18.8 Å². The number of carbonyl (C=O) groups is 3. The molecule has 0 radical (unpaired) electrons. The maximum Gasteiger partial charge on any atom is 0.272 e. The molecule has 0 fully saturated rings. The molecule has 0 bridgehead atoms. The van der Waals surface area contributed by atoms with E-state index >= 15 is 0 Å². The number of anilines is 2. The lowest BCUT2D eigenvalue weighted by molar-refractivity contribution is -0.116. The molecule has 0 aliphatic carbocycles. The number of carbonyl (C=O) groups excluding carboxylic acids is 3. The summed E-state index contributed by atoms with van der Waals surface area (Å²) in [7, 11) is 0. The van der Waals surface area contributed by atoms with Crippen molar-refractivity contribution >= 4 is 62.9 Å². The Labute approximate surface area is 309 Å². The van der Waals surface area contributed by atoms with Gasteiger partial charge in [0.2, 0.25) is 5.91 Å². The van der Waals surface area contributed by atoms with E-state index in [-0.39, 0.29) is 11.6 Å². The second kappa shape index (κ2) is 16.4. The second-order valence-electron chi connectivity index (χ2n) is 11.8. The van der Waals surface area contributed by atoms with Crippen LogP contribution in [0.4, 0.5) is 11.4 Å². The molecule has 0 saturated heterocycles. The van der Waals surface area contributed by atoms with Gasteiger partial charge in [0.1, 0.15) is 22.5 Å². The van der Waals surface area contributed by atoms with Crippen molar-refractivity contribution in [3.8, 4) is 11.3 Å². The Morgan fingerprint density at radius 1 is 0.745 bits per heavy atom. The molecule has 0 saturated carbocycles. The summed E-state index contributed by atoms with van der Waals surface area (Å²) in [6.07, 6.45) is 1.50. The molecule has 3 amide bonds. The van der Waals surface area contributed by atoms with Gasteiger partial charge in [0, 0.05) is 37.9 Å². The van der Waals surface area contributed by atoms with Crippen molar-refractivity contribution in [2.24, 2.45) is 0 Å². The van der Waals surface area contributed by atoms with E-state index in [0.29, 0.717) is 22.8 Å². The monoisotopic (exact) mass is 755 g/mol. The summed E-state index contributed by atoms with van der Waals surface area (Å²) in [5.41, 5.74) is 5.54. The van der Waals surface area contributed by atoms with Crippen molar-refractivity contribution in [2.75, 3.05) is 10.6 Å². The third-order valence-electron chi connectivity index (χ3n) is 7.92. The highest BCUT2D eigenvalue weighted by Gasteiger charge is 2.23. The summed E-state index contributed by atoms with van der Waals surface area (Å²) < 4.78 is 6.97. The standard InChI is InChI=1S/C42H34BrN3O4S/c1-27-13-23-36(28(2)25-27)45-42(49)39(30-9-5-3-6-10-30)51-35-21-18-33(19-22-35)44-41(48)37(46-40(47)31-11-7-4-8-12-31)26-34-20-24-38(50-34)29-14-16-32(43)17-15-29/h3-26,39H,1-2H3,(H,44,48)(H,45,49)(H,46,47). The van der Waals surface area contributed by atoms with Crippen LogP contribution < -0.4 is 16.0 Å². The van der Waals surface area contributed by atoms with Crippen LogP contribution in [0.15, 0.2) is 159 Å². The van der Waals surface area contributed by atoms with Gasteiger partial charge in [0.05, 0.1) is 0 Å². The van der Waals surface area contributed by atoms with Gasteiger partial charge in [-0.1, -0.05) is 94.3 Å². The maximum absolute atomic E-state index is 13.7. The molecular weight excluding hydrogens is 722 g/mol. The SMILES string of the molecule is Cc1ccc(NC(=O)C(Sc2ccc(NC(=O)C(=Cc3ccc(-c4ccc(Br)cc4)o3)NC(=O)c3ccccc3)cc2)c2ccccc2)c(C)c1. The average Bonchev–Trinajstić information content (AvgIpc) is 3.61. The topological polar surface area (TPSA) is 100 Å². The van der Waals surface area contributed by atoms with Gasteiger partial charge in [-0.2, -0.15) is 0 Å². The van der Waals surface area contributed by atoms with Gasteiger partial charge in [-0.25, -0.2) is 0 Å². The molecule has 0 aliphatic rings. The third-order valence-corrected chi connectivity index (χ3v) is 9.71. The quantitative estimate of drug-likeness (QED) is 0.0903. The lowest BCUT2D eigenvalue weighted by Crippen LogP contribution is -2.30. The molecular formula is C42H34BrN3O4S. The zero-order valence-electron chi connectivity index (χ0n) is 27.9. The first kappa shape index (κ1) is 35.2. The molecule has 0 aliphatic heterocycles. The number of rotatable bonds is 11. The van der Waals surface area contributed by atoms with Gasteiger partial charge in [0.25, 0.3) is 11.8 Å². The van der Waals surface area contributed by atoms with Gasteiger partial charge in [-0.05, 0) is 91.7 Å². The van der Waals surface area contributed by atoms with Crippen LogP contribution in [0.5, 0.6) is 0 Å². The van der Waals surface area contributed by atoms with Gasteiger partial charge in [-0.3, -0.25) is 14.4 Å². The van der Waals surface area contributed by atoms with Crippen LogP contribution in [-0.2, 0) is 9.59 Å². The molecule has 6 aromatic rings. The van der Waals surface area contributed by atoms with Gasteiger partial charge in [0.15, 0.2) is 0 Å². The molecule has 1 unspecified atom stereocenters. The Balaban J connectivity index is 1.20. The van der Waals surface area contributed by atoms with Gasteiger partial charge in [-0.15, -0.1) is 11.8 Å². The number of hydrogen-bond acceptors (Lipinski definition) is 5. The normalized spacial score (nSPS) is 11.8. The zero-order chi connectivity index (χ0) is 35.7. The zero-order valence-corrected chi connectivity index (χ0v) is 30.3. The summed E-state index contributed by atoms with van der Waals surface area (Å²) in [5.74, 6) is -0.0943. The molecule has 6 rings (SSSR count). The van der Waals surface area contributed by atoms with E-state index in [1.165, 1.54) is 17.8 Å². The van der Waals surface area contributed by atoms with E-state index in [2.05, 4.69) is 31.9 Å². The molecule has 5 aromatic carbocycles. The summed E-state index contributed by atoms with van der Waals surface area (Å²) >= 11 is 4.86. The van der Waals surface area contributed by atoms with Crippen LogP contribution >= 0.6 is 27.7 Å². The molecule has 254 valence electrons. The fraction of sp³-hybridized carbons (Fsp3) is 0.0714. The summed E-state index contributed by atoms with van der Waals surface area (Å²) in [6.45, 7) is 4.00. The minimum absolute atomic E-state index is 0.00576. The van der Waals surface area contributed by atoms with E-state index in [1.807, 2.05) is 111 Å². The Morgan fingerprint density at radius 2 is 1.43 bits per heavy atom. The maximum atomic E-state index is 13.7. The number of nitrogens with one attached hydrogen (secondary N) is 3. The first-order valence-electron chi connectivity index (χ1n) is 16.2. The molecule has 3 N–H and O–H groups in total. The van der Waals surface area contributed by atoms with E-state index in [0.717, 1.165) is 37.3 Å². The minimum Gasteiger partial charge on any atom is -0.457 e. The predicted molar refractivity (Wildman–Crippen MR) is 208 cm³/mol. The lowest BCUT2D eigenvalue weighted by Gasteiger charge is -2.18. The Kier molecular flexibility index (Phi) is 11.3. The molecule has 51 heavy (non-hydrogen) atoms. The van der Waals surface area contributed by atoms with E-state index < -0.39 is 17.1 Å². The number of thioether (sulfide) groups is 1. The number of benzene rings is 5. The first-order valence-corrected chi connectivity index (χ1v) is 17.8. The highest BCUT2D eigenvalue weighted by molar-refractivity contribution is 9.10. The Morgan fingerprint density at radius 3 is 2.12 bits per heavy atom. The van der Waals surface area contributed by atoms with Gasteiger partial charge >= 0.3 is 0 Å². The second-order valence-corrected chi connectivity index (χ2v) is 13.9. The molecule has 1 aromatic heterocycles. The van der Waals surface area contributed by atoms with Crippen LogP contribution in [0.25, 0.3) is 17.4 Å². The minimum atomic E-state index is -0.531. The number of amides is 3. The molecule has 7 nitrogen and oxygen atoms in total. The van der Waals surface area contributed by atoms with Crippen molar-refractivity contribution in [3.05, 3.63) is 178 Å². The predicted octanol–water partition coefficient (Wildman–Crippen LogP) is 10.2. The Hall–Kier alpha value is -5.64. The fourth-order valence-corrected chi connectivity index (χ4v) is 6.58. The summed E-state index contributed by atoms with van der Waals surface area (Å²) in [4.78, 5) is 41.3.